The molecule has 2 atom stereocenters. The predicted molar refractivity (Wildman–Crippen MR) is 59.3 cm³/mol. The van der Waals surface area contributed by atoms with Crippen molar-refractivity contribution in [3.8, 4) is 0 Å². The molecule has 0 aromatic heterocycles. The van der Waals surface area contributed by atoms with Crippen LogP contribution in [0.5, 0.6) is 0 Å². The molecule has 2 unspecified atom stereocenters. The van der Waals surface area contributed by atoms with Crippen LogP contribution < -0.4 is 11.1 Å². The molecule has 0 spiro atoms. The van der Waals surface area contributed by atoms with Gasteiger partial charge in [-0.1, -0.05) is 24.3 Å². The summed E-state index contributed by atoms with van der Waals surface area (Å²) in [6.45, 7) is 4.30. The smallest absolute Gasteiger partial charge is 0.0266 e. The average Bonchev–Trinajstić information content (AvgIpc) is 2.71. The molecule has 1 aromatic carbocycles. The highest BCUT2D eigenvalue weighted by Gasteiger charge is 2.16. The third kappa shape index (κ3) is 1.97. The number of hydrogen-bond acceptors (Lipinski definition) is 2. The van der Waals surface area contributed by atoms with E-state index in [-0.39, 0.29) is 6.04 Å². The van der Waals surface area contributed by atoms with Gasteiger partial charge in [-0.05, 0) is 36.9 Å². The largest absolute Gasteiger partial charge is 0.324 e. The van der Waals surface area contributed by atoms with E-state index < -0.39 is 0 Å². The van der Waals surface area contributed by atoms with Crippen LogP contribution in [-0.4, -0.2) is 13.1 Å². The lowest BCUT2D eigenvalue weighted by atomic mass is 9.96. The van der Waals surface area contributed by atoms with Crippen LogP contribution in [0, 0.1) is 0 Å². The molecule has 2 rings (SSSR count). The van der Waals surface area contributed by atoms with Gasteiger partial charge in [0.1, 0.15) is 0 Å². The second kappa shape index (κ2) is 4.11. The summed E-state index contributed by atoms with van der Waals surface area (Å²) in [5.41, 5.74) is 8.47. The van der Waals surface area contributed by atoms with Gasteiger partial charge >= 0.3 is 0 Å². The van der Waals surface area contributed by atoms with Gasteiger partial charge in [-0.15, -0.1) is 0 Å². The van der Waals surface area contributed by atoms with Crippen LogP contribution in [0.2, 0.25) is 0 Å². The van der Waals surface area contributed by atoms with Gasteiger partial charge in [0.2, 0.25) is 0 Å². The molecule has 0 amide bonds. The lowest BCUT2D eigenvalue weighted by molar-refractivity contribution is 0.759. The molecule has 1 aromatic rings. The van der Waals surface area contributed by atoms with E-state index in [4.69, 9.17) is 5.73 Å². The molecule has 1 saturated heterocycles. The Morgan fingerprint density at radius 2 is 2.07 bits per heavy atom. The van der Waals surface area contributed by atoms with E-state index in [2.05, 4.69) is 29.6 Å². The number of benzene rings is 1. The molecule has 1 aliphatic heterocycles. The minimum absolute atomic E-state index is 0.144. The highest BCUT2D eigenvalue weighted by atomic mass is 14.9. The fourth-order valence-electron chi connectivity index (χ4n) is 2.01. The summed E-state index contributed by atoms with van der Waals surface area (Å²) < 4.78 is 0. The maximum absolute atomic E-state index is 5.80. The molecule has 1 fully saturated rings. The molecule has 0 aliphatic carbocycles. The maximum atomic E-state index is 5.80. The molecule has 76 valence electrons. The van der Waals surface area contributed by atoms with Crippen LogP contribution >= 0.6 is 0 Å². The van der Waals surface area contributed by atoms with Crippen LogP contribution in [0.3, 0.4) is 0 Å². The van der Waals surface area contributed by atoms with Crippen molar-refractivity contribution < 1.29 is 0 Å². The monoisotopic (exact) mass is 190 g/mol. The fourth-order valence-corrected chi connectivity index (χ4v) is 2.01. The summed E-state index contributed by atoms with van der Waals surface area (Å²) in [4.78, 5) is 0. The Bertz CT molecular complexity index is 284. The van der Waals surface area contributed by atoms with Gasteiger partial charge in [-0.3, -0.25) is 0 Å². The molecule has 2 heteroatoms. The van der Waals surface area contributed by atoms with E-state index >= 15 is 0 Å². The molecule has 0 bridgehead atoms. The number of rotatable bonds is 2. The molecule has 0 radical (unpaired) electrons. The van der Waals surface area contributed by atoms with Crippen molar-refractivity contribution in [2.75, 3.05) is 13.1 Å². The van der Waals surface area contributed by atoms with Gasteiger partial charge in [0.05, 0.1) is 0 Å². The van der Waals surface area contributed by atoms with Crippen molar-refractivity contribution in [3.63, 3.8) is 0 Å². The van der Waals surface area contributed by atoms with Crippen molar-refractivity contribution in [3.05, 3.63) is 35.4 Å². The average molecular weight is 190 g/mol. The summed E-state index contributed by atoms with van der Waals surface area (Å²) in [6, 6.07) is 8.88. The van der Waals surface area contributed by atoms with Crippen LogP contribution in [0.1, 0.15) is 36.4 Å². The number of nitrogens with one attached hydrogen (secondary N) is 1. The van der Waals surface area contributed by atoms with Gasteiger partial charge in [-0.2, -0.15) is 0 Å². The molecule has 2 nitrogen and oxygen atoms in total. The summed E-state index contributed by atoms with van der Waals surface area (Å²) in [6.07, 6.45) is 1.26. The number of nitrogens with two attached hydrogens (primary N) is 1. The van der Waals surface area contributed by atoms with Crippen molar-refractivity contribution in [2.45, 2.75) is 25.3 Å². The Kier molecular flexibility index (Phi) is 2.85. The molecule has 0 saturated carbocycles. The van der Waals surface area contributed by atoms with E-state index in [9.17, 15) is 0 Å². The molecular weight excluding hydrogens is 172 g/mol. The van der Waals surface area contributed by atoms with E-state index in [0.29, 0.717) is 5.92 Å². The third-order valence-electron chi connectivity index (χ3n) is 2.99. The standard InChI is InChI=1S/C12H18N2/c1-9(13)10-2-4-11(5-3-10)12-6-7-14-8-12/h2-5,9,12,14H,6-8,13H2,1H3. The maximum Gasteiger partial charge on any atom is 0.0266 e. The van der Waals surface area contributed by atoms with Gasteiger partial charge in [0.25, 0.3) is 0 Å². The second-order valence-electron chi connectivity index (χ2n) is 4.15. The zero-order valence-electron chi connectivity index (χ0n) is 8.66. The highest BCUT2D eigenvalue weighted by molar-refractivity contribution is 5.27. The third-order valence-corrected chi connectivity index (χ3v) is 2.99. The van der Waals surface area contributed by atoms with Crippen LogP contribution in [0.15, 0.2) is 24.3 Å². The van der Waals surface area contributed by atoms with Gasteiger partial charge < -0.3 is 11.1 Å². The summed E-state index contributed by atoms with van der Waals surface area (Å²) in [7, 11) is 0. The van der Waals surface area contributed by atoms with E-state index in [1.165, 1.54) is 17.5 Å². The van der Waals surface area contributed by atoms with Crippen molar-refractivity contribution in [1.82, 2.24) is 5.32 Å². The topological polar surface area (TPSA) is 38.0 Å². The minimum atomic E-state index is 0.144. The van der Waals surface area contributed by atoms with Crippen molar-refractivity contribution >= 4 is 0 Å². The summed E-state index contributed by atoms with van der Waals surface area (Å²) >= 11 is 0. The normalized spacial score (nSPS) is 23.7. The quantitative estimate of drug-likeness (QED) is 0.746. The molecular formula is C12H18N2. The zero-order valence-corrected chi connectivity index (χ0v) is 8.66. The Hall–Kier alpha value is -0.860. The zero-order chi connectivity index (χ0) is 9.97. The SMILES string of the molecule is CC(N)c1ccc(C2CCNC2)cc1. The summed E-state index contributed by atoms with van der Waals surface area (Å²) in [5.74, 6) is 0.706. The Morgan fingerprint density at radius 3 is 2.57 bits per heavy atom. The van der Waals surface area contributed by atoms with E-state index in [1.807, 2.05) is 6.92 Å². The van der Waals surface area contributed by atoms with Crippen LogP contribution in [0.4, 0.5) is 0 Å². The first-order chi connectivity index (χ1) is 6.77. The Labute approximate surface area is 85.5 Å². The van der Waals surface area contributed by atoms with Gasteiger partial charge in [0.15, 0.2) is 0 Å². The second-order valence-corrected chi connectivity index (χ2v) is 4.15. The predicted octanol–water partition coefficient (Wildman–Crippen LogP) is 1.78. The number of hydrogen-bond donors (Lipinski definition) is 2. The molecule has 1 heterocycles. The lowest BCUT2D eigenvalue weighted by Gasteiger charge is -2.11. The van der Waals surface area contributed by atoms with Crippen molar-refractivity contribution in [2.24, 2.45) is 5.73 Å². The lowest BCUT2D eigenvalue weighted by Crippen LogP contribution is -2.08. The first kappa shape index (κ1) is 9.69. The van der Waals surface area contributed by atoms with Gasteiger partial charge in [-0.25, -0.2) is 0 Å². The van der Waals surface area contributed by atoms with Crippen LogP contribution in [0.25, 0.3) is 0 Å². The molecule has 1 aliphatic rings. The molecule has 14 heavy (non-hydrogen) atoms. The van der Waals surface area contributed by atoms with E-state index in [0.717, 1.165) is 13.1 Å². The fraction of sp³-hybridized carbons (Fsp3) is 0.500. The van der Waals surface area contributed by atoms with Crippen molar-refractivity contribution in [1.29, 1.82) is 0 Å². The molecule has 3 N–H and O–H groups in total. The first-order valence-electron chi connectivity index (χ1n) is 5.33. The Balaban J connectivity index is 2.12. The van der Waals surface area contributed by atoms with Crippen LogP contribution in [-0.2, 0) is 0 Å². The Morgan fingerprint density at radius 1 is 1.36 bits per heavy atom. The highest BCUT2D eigenvalue weighted by Crippen LogP contribution is 2.23. The first-order valence-corrected chi connectivity index (χ1v) is 5.33. The van der Waals surface area contributed by atoms with Gasteiger partial charge in [0, 0.05) is 12.6 Å². The van der Waals surface area contributed by atoms with E-state index in [1.54, 1.807) is 0 Å². The minimum Gasteiger partial charge on any atom is -0.324 e. The summed E-state index contributed by atoms with van der Waals surface area (Å²) in [5, 5.41) is 3.38.